The van der Waals surface area contributed by atoms with Crippen LogP contribution >= 0.6 is 12.2 Å². The largest absolute Gasteiger partial charge is 0.454 e. The highest BCUT2D eigenvalue weighted by Gasteiger charge is 1.91. The minimum absolute atomic E-state index is 0.502. The third-order valence-electron chi connectivity index (χ3n) is 1.16. The summed E-state index contributed by atoms with van der Waals surface area (Å²) in [4.78, 5) is 10.1. The SMILES string of the molecule is O=[C]c1ccc(OC=S)cc1. The van der Waals surface area contributed by atoms with Crippen LogP contribution in [0.25, 0.3) is 0 Å². The molecule has 0 aliphatic rings. The number of benzene rings is 1. The van der Waals surface area contributed by atoms with Gasteiger partial charge in [0.05, 0.1) is 0 Å². The van der Waals surface area contributed by atoms with E-state index in [-0.39, 0.29) is 0 Å². The maximum atomic E-state index is 10.1. The van der Waals surface area contributed by atoms with E-state index in [4.69, 9.17) is 4.74 Å². The maximum Gasteiger partial charge on any atom is 0.233 e. The zero-order valence-corrected chi connectivity index (χ0v) is 6.43. The summed E-state index contributed by atoms with van der Waals surface area (Å²) in [6, 6.07) is 6.54. The molecule has 0 fully saturated rings. The van der Waals surface area contributed by atoms with E-state index in [0.29, 0.717) is 11.3 Å². The summed E-state index contributed by atoms with van der Waals surface area (Å²) < 4.78 is 4.87. The molecule has 0 aromatic heterocycles. The summed E-state index contributed by atoms with van der Waals surface area (Å²) in [5.41, 5.74) is 1.67. The van der Waals surface area contributed by atoms with Gasteiger partial charge in [0.15, 0.2) is 5.55 Å². The van der Waals surface area contributed by atoms with Crippen molar-refractivity contribution in [3.8, 4) is 5.75 Å². The van der Waals surface area contributed by atoms with Gasteiger partial charge >= 0.3 is 0 Å². The van der Waals surface area contributed by atoms with Crippen LogP contribution < -0.4 is 4.74 Å². The average molecular weight is 165 g/mol. The zero-order valence-electron chi connectivity index (χ0n) is 5.61. The van der Waals surface area contributed by atoms with Gasteiger partial charge in [0.1, 0.15) is 5.75 Å². The topological polar surface area (TPSA) is 26.3 Å². The van der Waals surface area contributed by atoms with E-state index in [1.54, 1.807) is 30.6 Å². The normalized spacial score (nSPS) is 8.73. The molecule has 3 heteroatoms. The highest BCUT2D eigenvalue weighted by atomic mass is 32.1. The lowest BCUT2D eigenvalue weighted by atomic mass is 10.2. The first-order chi connectivity index (χ1) is 5.36. The van der Waals surface area contributed by atoms with Gasteiger partial charge in [-0.3, -0.25) is 4.79 Å². The number of hydrogen-bond acceptors (Lipinski definition) is 3. The van der Waals surface area contributed by atoms with Gasteiger partial charge in [-0.2, -0.15) is 0 Å². The van der Waals surface area contributed by atoms with Crippen molar-refractivity contribution in [3.05, 3.63) is 29.8 Å². The number of hydrogen-bond donors (Lipinski definition) is 0. The first-order valence-electron chi connectivity index (χ1n) is 2.95. The predicted molar refractivity (Wildman–Crippen MR) is 45.5 cm³/mol. The number of thiocarbonyl (C=S) groups is 1. The van der Waals surface area contributed by atoms with Crippen LogP contribution in [0.15, 0.2) is 24.3 Å². The monoisotopic (exact) mass is 165 g/mol. The summed E-state index contributed by atoms with van der Waals surface area (Å²) in [5, 5.41) is 0. The second-order valence-corrected chi connectivity index (χ2v) is 2.03. The van der Waals surface area contributed by atoms with Crippen LogP contribution in [0.5, 0.6) is 5.75 Å². The molecule has 1 aromatic carbocycles. The van der Waals surface area contributed by atoms with Crippen molar-refractivity contribution in [2.45, 2.75) is 0 Å². The Kier molecular flexibility index (Phi) is 2.74. The van der Waals surface area contributed by atoms with Gasteiger partial charge in [-0.1, -0.05) is 0 Å². The summed E-state index contributed by atoms with van der Waals surface area (Å²) in [7, 11) is 0. The fourth-order valence-electron chi connectivity index (χ4n) is 0.657. The molecule has 11 heavy (non-hydrogen) atoms. The lowest BCUT2D eigenvalue weighted by Gasteiger charge is -1.96. The van der Waals surface area contributed by atoms with E-state index in [1.165, 1.54) is 5.55 Å². The summed E-state index contributed by atoms with van der Waals surface area (Å²) in [6.07, 6.45) is 1.75. The van der Waals surface area contributed by atoms with Crippen molar-refractivity contribution in [3.63, 3.8) is 0 Å². The Morgan fingerprint density at radius 2 is 2.00 bits per heavy atom. The van der Waals surface area contributed by atoms with E-state index in [9.17, 15) is 4.79 Å². The van der Waals surface area contributed by atoms with Crippen molar-refractivity contribution in [1.29, 1.82) is 0 Å². The minimum Gasteiger partial charge on any atom is -0.454 e. The van der Waals surface area contributed by atoms with E-state index in [0.717, 1.165) is 0 Å². The van der Waals surface area contributed by atoms with E-state index in [2.05, 4.69) is 12.2 Å². The minimum atomic E-state index is 0.502. The molecule has 0 N–H and O–H groups in total. The van der Waals surface area contributed by atoms with Crippen LogP contribution in [-0.2, 0) is 4.79 Å². The van der Waals surface area contributed by atoms with Crippen LogP contribution in [0.1, 0.15) is 5.56 Å². The third-order valence-corrected chi connectivity index (χ3v) is 1.25. The second-order valence-electron chi connectivity index (χ2n) is 1.84. The van der Waals surface area contributed by atoms with Crippen molar-refractivity contribution < 1.29 is 9.53 Å². The molecule has 2 nitrogen and oxygen atoms in total. The van der Waals surface area contributed by atoms with Crippen molar-refractivity contribution in [2.24, 2.45) is 0 Å². The first kappa shape index (κ1) is 7.88. The van der Waals surface area contributed by atoms with Crippen molar-refractivity contribution in [2.75, 3.05) is 0 Å². The Labute approximate surface area is 69.8 Å². The standard InChI is InChI=1S/C8H5O2S/c9-5-7-1-3-8(4-2-7)10-6-11/h1-4,6H. The van der Waals surface area contributed by atoms with Gasteiger partial charge < -0.3 is 4.74 Å². The van der Waals surface area contributed by atoms with E-state index >= 15 is 0 Å². The number of carbonyl (C=O) groups excluding carboxylic acids is 1. The molecule has 0 saturated heterocycles. The fraction of sp³-hybridized carbons (Fsp3) is 0. The highest BCUT2D eigenvalue weighted by molar-refractivity contribution is 7.78. The molecule has 0 amide bonds. The first-order valence-corrected chi connectivity index (χ1v) is 3.42. The Balaban J connectivity index is 2.81. The van der Waals surface area contributed by atoms with E-state index in [1.807, 2.05) is 0 Å². The molecule has 1 radical (unpaired) electrons. The van der Waals surface area contributed by atoms with Crippen molar-refractivity contribution >= 4 is 24.1 Å². The quantitative estimate of drug-likeness (QED) is 0.634. The molecule has 0 atom stereocenters. The van der Waals surface area contributed by atoms with Crippen LogP contribution in [0.4, 0.5) is 0 Å². The van der Waals surface area contributed by atoms with Crippen LogP contribution in [0.2, 0.25) is 0 Å². The summed E-state index contributed by atoms with van der Waals surface area (Å²) in [6.45, 7) is 0. The van der Waals surface area contributed by atoms with Gasteiger partial charge in [0.25, 0.3) is 0 Å². The van der Waals surface area contributed by atoms with Crippen LogP contribution in [0.3, 0.4) is 0 Å². The summed E-state index contributed by atoms with van der Waals surface area (Å²) in [5.74, 6) is 0.624. The van der Waals surface area contributed by atoms with Crippen LogP contribution in [0, 0.1) is 0 Å². The molecule has 0 aliphatic heterocycles. The molecule has 1 aromatic rings. The number of ether oxygens (including phenoxy) is 1. The molecule has 55 valence electrons. The van der Waals surface area contributed by atoms with Crippen molar-refractivity contribution in [1.82, 2.24) is 0 Å². The molecule has 0 unspecified atom stereocenters. The molecule has 0 aliphatic carbocycles. The molecular formula is C8H5O2S. The Morgan fingerprint density at radius 3 is 2.45 bits per heavy atom. The molecular weight excluding hydrogens is 160 g/mol. The molecule has 1 rings (SSSR count). The lowest BCUT2D eigenvalue weighted by molar-refractivity contribution is 0.562. The average Bonchev–Trinajstić information content (AvgIpc) is 2.07. The smallest absolute Gasteiger partial charge is 0.233 e. The Morgan fingerprint density at radius 1 is 1.36 bits per heavy atom. The molecule has 0 bridgehead atoms. The van der Waals surface area contributed by atoms with Gasteiger partial charge in [0, 0.05) is 5.56 Å². The second kappa shape index (κ2) is 3.83. The Bertz CT molecular complexity index is 253. The molecule has 0 heterocycles. The summed E-state index contributed by atoms with van der Waals surface area (Å²) >= 11 is 4.47. The molecule has 0 spiro atoms. The zero-order chi connectivity index (χ0) is 8.10. The Hall–Kier alpha value is -1.22. The molecule has 0 saturated carbocycles. The van der Waals surface area contributed by atoms with Gasteiger partial charge in [-0.05, 0) is 36.5 Å². The number of rotatable bonds is 3. The third kappa shape index (κ3) is 2.13. The van der Waals surface area contributed by atoms with Crippen LogP contribution in [-0.4, -0.2) is 11.8 Å². The van der Waals surface area contributed by atoms with Gasteiger partial charge in [0.2, 0.25) is 6.29 Å². The maximum absolute atomic E-state index is 10.1. The lowest BCUT2D eigenvalue weighted by Crippen LogP contribution is -1.86. The van der Waals surface area contributed by atoms with Gasteiger partial charge in [-0.15, -0.1) is 0 Å². The van der Waals surface area contributed by atoms with Gasteiger partial charge in [-0.25, -0.2) is 0 Å². The fourth-order valence-corrected chi connectivity index (χ4v) is 0.768. The predicted octanol–water partition coefficient (Wildman–Crippen LogP) is 1.48. The highest BCUT2D eigenvalue weighted by Crippen LogP contribution is 2.09. The van der Waals surface area contributed by atoms with E-state index < -0.39 is 0 Å².